The second kappa shape index (κ2) is 9.36. The van der Waals surface area contributed by atoms with Crippen LogP contribution in [0.3, 0.4) is 0 Å². The smallest absolute Gasteiger partial charge is 0.340 e. The number of hydrogen-bond acceptors (Lipinski definition) is 3. The number of likely N-dealkylation sites (tertiary alicyclic amines) is 1. The summed E-state index contributed by atoms with van der Waals surface area (Å²) >= 11 is 0. The monoisotopic (exact) mass is 375 g/mol. The molecule has 1 amide bonds. The zero-order valence-electron chi connectivity index (χ0n) is 17.6. The fraction of sp³-hybridized carbons (Fsp3) is 0.636. The van der Waals surface area contributed by atoms with Gasteiger partial charge in [0.1, 0.15) is 0 Å². The van der Waals surface area contributed by atoms with Crippen molar-refractivity contribution >= 4 is 17.6 Å². The van der Waals surface area contributed by atoms with Crippen LogP contribution in [0.1, 0.15) is 67.9 Å². The van der Waals surface area contributed by atoms with Crippen LogP contribution in [0.4, 0.5) is 5.69 Å². The molecule has 0 spiro atoms. The third-order valence-electron chi connectivity index (χ3n) is 6.01. The Hall–Kier alpha value is -1.88. The summed E-state index contributed by atoms with van der Waals surface area (Å²) in [4.78, 5) is 25.6. The van der Waals surface area contributed by atoms with E-state index in [1.165, 1.54) is 25.7 Å². The highest BCUT2D eigenvalue weighted by molar-refractivity contribution is 6.03. The Labute approximate surface area is 163 Å². The number of nitrogens with one attached hydrogen (secondary N) is 1. The number of anilines is 1. The van der Waals surface area contributed by atoms with Gasteiger partial charge in [0.25, 0.3) is 5.91 Å². The summed E-state index contributed by atoms with van der Waals surface area (Å²) in [5.41, 5.74) is 2.89. The van der Waals surface area contributed by atoms with Gasteiger partial charge in [-0.1, -0.05) is 6.07 Å². The maximum absolute atomic E-state index is 13.2. The quantitative estimate of drug-likeness (QED) is 0.598. The fourth-order valence-corrected chi connectivity index (χ4v) is 4.28. The Bertz CT molecular complexity index is 676. The van der Waals surface area contributed by atoms with Crippen molar-refractivity contribution in [3.8, 4) is 0 Å². The normalized spacial score (nSPS) is 17.7. The molecule has 1 aliphatic heterocycles. The van der Waals surface area contributed by atoms with Crippen LogP contribution >= 0.6 is 0 Å². The Morgan fingerprint density at radius 2 is 1.74 bits per heavy atom. The predicted molar refractivity (Wildman–Crippen MR) is 109 cm³/mol. The Morgan fingerprint density at radius 3 is 2.30 bits per heavy atom. The molecule has 5 heteroatoms. The largest absolute Gasteiger partial charge is 0.462 e. The van der Waals surface area contributed by atoms with Gasteiger partial charge in [-0.25, -0.2) is 4.79 Å². The van der Waals surface area contributed by atoms with Crippen LogP contribution in [0, 0.1) is 13.8 Å². The highest BCUT2D eigenvalue weighted by Gasteiger charge is 2.38. The highest BCUT2D eigenvalue weighted by atomic mass is 16.5. The van der Waals surface area contributed by atoms with Gasteiger partial charge in [-0.3, -0.25) is 4.79 Å². The van der Waals surface area contributed by atoms with Crippen molar-refractivity contribution in [1.82, 2.24) is 0 Å². The van der Waals surface area contributed by atoms with Crippen molar-refractivity contribution in [2.45, 2.75) is 66.3 Å². The number of carbonyl (C=O) groups is 2. The fourth-order valence-electron chi connectivity index (χ4n) is 4.28. The minimum absolute atomic E-state index is 0.0174. The lowest BCUT2D eigenvalue weighted by Crippen LogP contribution is -2.59. The van der Waals surface area contributed by atoms with Crippen LogP contribution in [-0.4, -0.2) is 48.6 Å². The van der Waals surface area contributed by atoms with Gasteiger partial charge in [-0.2, -0.15) is 0 Å². The minimum atomic E-state index is -0.388. The van der Waals surface area contributed by atoms with Crippen LogP contribution < -0.4 is 5.32 Å². The first-order chi connectivity index (χ1) is 12.8. The van der Waals surface area contributed by atoms with Gasteiger partial charge in [-0.15, -0.1) is 0 Å². The van der Waals surface area contributed by atoms with Gasteiger partial charge in [0, 0.05) is 0 Å². The van der Waals surface area contributed by atoms with Crippen molar-refractivity contribution in [1.29, 1.82) is 0 Å². The third-order valence-corrected chi connectivity index (χ3v) is 6.01. The molecule has 1 saturated heterocycles. The van der Waals surface area contributed by atoms with Crippen molar-refractivity contribution in [3.05, 3.63) is 28.8 Å². The molecular weight excluding hydrogens is 340 g/mol. The van der Waals surface area contributed by atoms with Crippen molar-refractivity contribution in [2.24, 2.45) is 0 Å². The molecule has 1 heterocycles. The molecule has 5 nitrogen and oxygen atoms in total. The van der Waals surface area contributed by atoms with Crippen LogP contribution in [0.2, 0.25) is 0 Å². The van der Waals surface area contributed by atoms with Gasteiger partial charge < -0.3 is 14.5 Å². The van der Waals surface area contributed by atoms with Crippen LogP contribution in [0.15, 0.2) is 12.1 Å². The van der Waals surface area contributed by atoms with E-state index in [1.54, 1.807) is 13.0 Å². The number of benzene rings is 1. The number of rotatable bonds is 6. The van der Waals surface area contributed by atoms with E-state index in [0.29, 0.717) is 17.9 Å². The molecule has 1 aliphatic rings. The summed E-state index contributed by atoms with van der Waals surface area (Å²) in [6.45, 7) is 13.2. The van der Waals surface area contributed by atoms with Gasteiger partial charge in [0.2, 0.25) is 0 Å². The number of likely N-dealkylation sites (N-methyl/N-ethyl adjacent to an activating group) is 1. The molecular formula is C22H35N2O3+. The molecule has 0 aliphatic carbocycles. The van der Waals surface area contributed by atoms with Gasteiger partial charge in [0.15, 0.2) is 6.04 Å². The first kappa shape index (κ1) is 21.4. The average molecular weight is 376 g/mol. The van der Waals surface area contributed by atoms with Crippen LogP contribution in [0.25, 0.3) is 0 Å². The summed E-state index contributed by atoms with van der Waals surface area (Å²) in [7, 11) is 0. The summed E-state index contributed by atoms with van der Waals surface area (Å²) in [5.74, 6) is -0.405. The van der Waals surface area contributed by atoms with Crippen LogP contribution in [-0.2, 0) is 9.53 Å². The van der Waals surface area contributed by atoms with Crippen LogP contribution in [0.5, 0.6) is 0 Å². The molecule has 0 aromatic heterocycles. The Balaban J connectivity index is 2.29. The van der Waals surface area contributed by atoms with Crippen molar-refractivity contribution < 1.29 is 18.8 Å². The van der Waals surface area contributed by atoms with E-state index in [1.807, 2.05) is 26.8 Å². The number of quaternary nitrogens is 1. The first-order valence-electron chi connectivity index (χ1n) is 10.3. The molecule has 1 unspecified atom stereocenters. The van der Waals surface area contributed by atoms with E-state index >= 15 is 0 Å². The second-order valence-corrected chi connectivity index (χ2v) is 7.79. The molecule has 0 radical (unpaired) electrons. The Morgan fingerprint density at radius 1 is 1.11 bits per heavy atom. The molecule has 0 bridgehead atoms. The SMILES string of the molecule is CCOC(=O)c1cc(C)cc(C)c1NC(=O)C(C)[N+]1(CC)CCCCCC1. The minimum Gasteiger partial charge on any atom is -0.462 e. The number of esters is 1. The molecule has 1 atom stereocenters. The van der Waals surface area contributed by atoms with E-state index < -0.39 is 0 Å². The number of ether oxygens (including phenoxy) is 1. The maximum atomic E-state index is 13.2. The van der Waals surface area contributed by atoms with Crippen molar-refractivity contribution in [2.75, 3.05) is 31.6 Å². The lowest BCUT2D eigenvalue weighted by atomic mass is 10.0. The number of carbonyl (C=O) groups excluding carboxylic acids is 2. The standard InChI is InChI=1S/C22H34N2O3/c1-6-24(12-10-8-9-11-13-24)18(5)21(25)23-20-17(4)14-16(3)15-19(20)22(26)27-7-2/h14-15,18H,6-13H2,1-5H3/p+1. The average Bonchev–Trinajstić information content (AvgIpc) is 2.89. The van der Waals surface area contributed by atoms with E-state index in [4.69, 9.17) is 4.74 Å². The molecule has 1 aromatic carbocycles. The van der Waals surface area contributed by atoms with Gasteiger partial charge in [0.05, 0.1) is 37.5 Å². The maximum Gasteiger partial charge on any atom is 0.340 e. The number of hydrogen-bond donors (Lipinski definition) is 1. The van der Waals surface area contributed by atoms with E-state index in [2.05, 4.69) is 12.2 Å². The molecule has 150 valence electrons. The summed E-state index contributed by atoms with van der Waals surface area (Å²) in [6.07, 6.45) is 4.84. The van der Waals surface area contributed by atoms with E-state index in [-0.39, 0.29) is 17.9 Å². The third kappa shape index (κ3) is 4.89. The lowest BCUT2D eigenvalue weighted by molar-refractivity contribution is -0.938. The summed E-state index contributed by atoms with van der Waals surface area (Å²) in [6, 6.07) is 3.63. The van der Waals surface area contributed by atoms with Gasteiger partial charge >= 0.3 is 5.97 Å². The van der Waals surface area contributed by atoms with Crippen molar-refractivity contribution in [3.63, 3.8) is 0 Å². The number of aryl methyl sites for hydroxylation is 2. The topological polar surface area (TPSA) is 55.4 Å². The molecule has 1 aromatic rings. The molecule has 1 fully saturated rings. The van der Waals surface area contributed by atoms with Gasteiger partial charge in [-0.05, 0) is 77.5 Å². The number of nitrogens with zero attached hydrogens (tertiary/aromatic N) is 1. The molecule has 1 N–H and O–H groups in total. The van der Waals surface area contributed by atoms with E-state index in [9.17, 15) is 9.59 Å². The zero-order valence-corrected chi connectivity index (χ0v) is 17.6. The summed E-state index contributed by atoms with van der Waals surface area (Å²) < 4.78 is 6.03. The number of amides is 1. The van der Waals surface area contributed by atoms with E-state index in [0.717, 1.165) is 35.2 Å². The summed E-state index contributed by atoms with van der Waals surface area (Å²) in [5, 5.41) is 3.07. The first-order valence-corrected chi connectivity index (χ1v) is 10.3. The zero-order chi connectivity index (χ0) is 20.0. The second-order valence-electron chi connectivity index (χ2n) is 7.79. The molecule has 27 heavy (non-hydrogen) atoms. The highest BCUT2D eigenvalue weighted by Crippen LogP contribution is 2.27. The molecule has 0 saturated carbocycles. The Kier molecular flexibility index (Phi) is 7.42. The predicted octanol–water partition coefficient (Wildman–Crippen LogP) is 4.22. The molecule has 2 rings (SSSR count). The lowest BCUT2D eigenvalue weighted by Gasteiger charge is -2.41.